The molecule has 7 heteroatoms. The van der Waals surface area contributed by atoms with Gasteiger partial charge in [-0.05, 0) is 13.8 Å². The molecular weight excluding hydrogens is 266 g/mol. The fourth-order valence-corrected chi connectivity index (χ4v) is 3.20. The third kappa shape index (κ3) is 2.56. The van der Waals surface area contributed by atoms with Crippen molar-refractivity contribution < 1.29 is 14.7 Å². The molecule has 1 amide bonds. The lowest BCUT2D eigenvalue weighted by atomic mass is 9.99. The predicted octanol–water partition coefficient (Wildman–Crippen LogP) is 0.827. The molecule has 0 spiro atoms. The molecule has 0 aromatic carbocycles. The Balaban J connectivity index is 2.23. The van der Waals surface area contributed by atoms with Gasteiger partial charge in [0.1, 0.15) is 5.54 Å². The second-order valence-electron chi connectivity index (χ2n) is 5.13. The van der Waals surface area contributed by atoms with Gasteiger partial charge in [0.05, 0.1) is 12.1 Å². The number of piperazine rings is 1. The number of aliphatic carboxylic acids is 1. The molecule has 1 aliphatic rings. The summed E-state index contributed by atoms with van der Waals surface area (Å²) in [6, 6.07) is 0. The molecule has 2 heterocycles. The van der Waals surface area contributed by atoms with E-state index in [1.807, 2.05) is 18.7 Å². The van der Waals surface area contributed by atoms with Crippen LogP contribution in [0.3, 0.4) is 0 Å². The monoisotopic (exact) mass is 283 g/mol. The third-order valence-electron chi connectivity index (χ3n) is 3.31. The number of amides is 1. The summed E-state index contributed by atoms with van der Waals surface area (Å²) in [5.74, 6) is -0.848. The summed E-state index contributed by atoms with van der Waals surface area (Å²) < 4.78 is 0. The quantitative estimate of drug-likeness (QED) is 0.889. The van der Waals surface area contributed by atoms with E-state index in [1.165, 1.54) is 11.3 Å². The Bertz CT molecular complexity index is 512. The van der Waals surface area contributed by atoms with E-state index in [1.54, 1.807) is 17.3 Å². The van der Waals surface area contributed by atoms with Gasteiger partial charge in [-0.2, -0.15) is 0 Å². The molecule has 1 saturated heterocycles. The van der Waals surface area contributed by atoms with Crippen LogP contribution in [0.1, 0.15) is 19.5 Å². The number of anilines is 1. The molecule has 6 nitrogen and oxygen atoms in total. The average Bonchev–Trinajstić information content (AvgIpc) is 2.73. The van der Waals surface area contributed by atoms with Crippen LogP contribution in [-0.2, 0) is 16.0 Å². The Hall–Kier alpha value is -1.63. The van der Waals surface area contributed by atoms with Crippen LogP contribution < -0.4 is 4.90 Å². The lowest BCUT2D eigenvalue weighted by Gasteiger charge is -2.44. The number of carbonyl (C=O) groups is 2. The van der Waals surface area contributed by atoms with E-state index >= 15 is 0 Å². The number of carboxylic acid groups (broad SMARTS) is 1. The fourth-order valence-electron chi connectivity index (χ4n) is 2.20. The molecule has 1 fully saturated rings. The van der Waals surface area contributed by atoms with Crippen molar-refractivity contribution in [3.63, 3.8) is 0 Å². The van der Waals surface area contributed by atoms with Gasteiger partial charge >= 0.3 is 5.97 Å². The van der Waals surface area contributed by atoms with Gasteiger partial charge in [0.2, 0.25) is 5.91 Å². The Kier molecular flexibility index (Phi) is 3.49. The Morgan fingerprint density at radius 1 is 1.53 bits per heavy atom. The molecule has 0 radical (unpaired) electrons. The number of rotatable bonds is 3. The number of thiazole rings is 1. The minimum Gasteiger partial charge on any atom is -0.481 e. The van der Waals surface area contributed by atoms with Crippen molar-refractivity contribution in [2.75, 3.05) is 25.0 Å². The van der Waals surface area contributed by atoms with Crippen molar-refractivity contribution in [3.8, 4) is 0 Å². The van der Waals surface area contributed by atoms with Crippen LogP contribution in [0.4, 0.5) is 5.13 Å². The van der Waals surface area contributed by atoms with Crippen molar-refractivity contribution in [3.05, 3.63) is 11.1 Å². The maximum atomic E-state index is 12.2. The van der Waals surface area contributed by atoms with Gasteiger partial charge in [0.15, 0.2) is 5.13 Å². The molecule has 19 heavy (non-hydrogen) atoms. The second-order valence-corrected chi connectivity index (χ2v) is 5.97. The molecule has 0 aliphatic carbocycles. The molecule has 0 saturated carbocycles. The topological polar surface area (TPSA) is 73.7 Å². The van der Waals surface area contributed by atoms with Crippen LogP contribution in [0, 0.1) is 0 Å². The number of hydrogen-bond acceptors (Lipinski definition) is 5. The van der Waals surface area contributed by atoms with Gasteiger partial charge in [-0.25, -0.2) is 4.98 Å². The number of carboxylic acids is 1. The van der Waals surface area contributed by atoms with E-state index in [9.17, 15) is 9.59 Å². The maximum absolute atomic E-state index is 12.2. The van der Waals surface area contributed by atoms with Crippen molar-refractivity contribution in [2.45, 2.75) is 25.8 Å². The van der Waals surface area contributed by atoms with Crippen molar-refractivity contribution in [2.24, 2.45) is 0 Å². The third-order valence-corrected chi connectivity index (χ3v) is 4.22. The molecule has 2 rings (SSSR count). The summed E-state index contributed by atoms with van der Waals surface area (Å²) in [5.41, 5.74) is -0.111. The minimum atomic E-state index is -0.898. The number of carbonyl (C=O) groups excluding carboxylic acids is 1. The standard InChI is InChI=1S/C12H17N3O3S/c1-12(2)10(18)14(3)4-5-15(12)11-13-8(7-19-11)6-9(16)17/h7H,4-6H2,1-3H3,(H,16,17). The summed E-state index contributed by atoms with van der Waals surface area (Å²) in [6.07, 6.45) is -0.0847. The smallest absolute Gasteiger partial charge is 0.309 e. The Morgan fingerprint density at radius 3 is 2.84 bits per heavy atom. The molecule has 1 aromatic rings. The number of aromatic nitrogens is 1. The Morgan fingerprint density at radius 2 is 2.21 bits per heavy atom. The van der Waals surface area contributed by atoms with Gasteiger partial charge in [-0.15, -0.1) is 11.3 Å². The largest absolute Gasteiger partial charge is 0.481 e. The highest BCUT2D eigenvalue weighted by molar-refractivity contribution is 7.13. The van der Waals surface area contributed by atoms with Crippen LogP contribution in [0.15, 0.2) is 5.38 Å². The molecule has 1 aromatic heterocycles. The Labute approximate surface area is 115 Å². The van der Waals surface area contributed by atoms with E-state index in [2.05, 4.69) is 4.98 Å². The van der Waals surface area contributed by atoms with Crippen LogP contribution in [0.25, 0.3) is 0 Å². The zero-order chi connectivity index (χ0) is 14.2. The molecule has 0 unspecified atom stereocenters. The van der Waals surface area contributed by atoms with E-state index in [0.29, 0.717) is 23.9 Å². The van der Waals surface area contributed by atoms with Crippen molar-refractivity contribution in [1.29, 1.82) is 0 Å². The fraction of sp³-hybridized carbons (Fsp3) is 0.583. The second kappa shape index (κ2) is 4.80. The number of hydrogen-bond donors (Lipinski definition) is 1. The van der Waals surface area contributed by atoms with Crippen LogP contribution in [0.5, 0.6) is 0 Å². The van der Waals surface area contributed by atoms with Gasteiger partial charge in [0.25, 0.3) is 0 Å². The summed E-state index contributed by atoms with van der Waals surface area (Å²) in [6.45, 7) is 5.08. The van der Waals surface area contributed by atoms with Crippen LogP contribution in [0.2, 0.25) is 0 Å². The van der Waals surface area contributed by atoms with Gasteiger partial charge in [0, 0.05) is 25.5 Å². The van der Waals surface area contributed by atoms with E-state index < -0.39 is 11.5 Å². The minimum absolute atomic E-state index is 0.0498. The highest BCUT2D eigenvalue weighted by Gasteiger charge is 2.41. The normalized spacial score (nSPS) is 18.8. The SMILES string of the molecule is CN1CCN(c2nc(CC(=O)O)cs2)C(C)(C)C1=O. The van der Waals surface area contributed by atoms with Crippen LogP contribution >= 0.6 is 11.3 Å². The average molecular weight is 283 g/mol. The lowest BCUT2D eigenvalue weighted by Crippen LogP contribution is -2.62. The van der Waals surface area contributed by atoms with Gasteiger partial charge in [-0.1, -0.05) is 0 Å². The highest BCUT2D eigenvalue weighted by Crippen LogP contribution is 2.31. The zero-order valence-corrected chi connectivity index (χ0v) is 12.0. The first-order valence-electron chi connectivity index (χ1n) is 6.02. The first-order valence-corrected chi connectivity index (χ1v) is 6.89. The van der Waals surface area contributed by atoms with Crippen molar-refractivity contribution in [1.82, 2.24) is 9.88 Å². The summed E-state index contributed by atoms with van der Waals surface area (Å²) in [7, 11) is 1.79. The maximum Gasteiger partial charge on any atom is 0.309 e. The van der Waals surface area contributed by atoms with Crippen LogP contribution in [-0.4, -0.2) is 52.5 Å². The lowest BCUT2D eigenvalue weighted by molar-refractivity contribution is -0.137. The highest BCUT2D eigenvalue weighted by atomic mass is 32.1. The molecule has 1 aliphatic heterocycles. The number of nitrogens with zero attached hydrogens (tertiary/aromatic N) is 3. The van der Waals surface area contributed by atoms with E-state index in [4.69, 9.17) is 5.11 Å². The number of likely N-dealkylation sites (N-methyl/N-ethyl adjacent to an activating group) is 1. The van der Waals surface area contributed by atoms with E-state index in [0.717, 1.165) is 0 Å². The van der Waals surface area contributed by atoms with Gasteiger partial charge < -0.3 is 14.9 Å². The molecule has 0 atom stereocenters. The van der Waals surface area contributed by atoms with Crippen molar-refractivity contribution >= 4 is 28.3 Å². The first kappa shape index (κ1) is 13.8. The summed E-state index contributed by atoms with van der Waals surface area (Å²) >= 11 is 1.38. The summed E-state index contributed by atoms with van der Waals surface area (Å²) in [5, 5.41) is 11.2. The summed E-state index contributed by atoms with van der Waals surface area (Å²) in [4.78, 5) is 30.8. The van der Waals surface area contributed by atoms with Gasteiger partial charge in [-0.3, -0.25) is 9.59 Å². The molecule has 1 N–H and O–H groups in total. The molecule has 104 valence electrons. The molecule has 0 bridgehead atoms. The van der Waals surface area contributed by atoms with E-state index in [-0.39, 0.29) is 12.3 Å². The first-order chi connectivity index (χ1) is 8.82. The zero-order valence-electron chi connectivity index (χ0n) is 11.2. The predicted molar refractivity (Wildman–Crippen MR) is 72.5 cm³/mol. The molecular formula is C12H17N3O3S.